The molecule has 0 spiro atoms. The van der Waals surface area contributed by atoms with Gasteiger partial charge in [0.1, 0.15) is 12.4 Å². The Morgan fingerprint density at radius 2 is 1.71 bits per heavy atom. The van der Waals surface area contributed by atoms with Crippen molar-refractivity contribution in [2.45, 2.75) is 18.0 Å². The SMILES string of the molecule is COc1cc(/C=N\NC(=O)CN(Cc2ccco2)S(=O)(=O)c2ccccc2)ccc1OCc1ccccc1. The summed E-state index contributed by atoms with van der Waals surface area (Å²) < 4.78 is 44.0. The third-order valence-corrected chi connectivity index (χ3v) is 7.25. The average molecular weight is 534 g/mol. The summed E-state index contributed by atoms with van der Waals surface area (Å²) in [5.74, 6) is 0.872. The van der Waals surface area contributed by atoms with Crippen molar-refractivity contribution in [1.29, 1.82) is 0 Å². The second-order valence-electron chi connectivity index (χ2n) is 8.14. The Hall–Kier alpha value is -4.41. The first-order chi connectivity index (χ1) is 18.5. The number of amides is 1. The summed E-state index contributed by atoms with van der Waals surface area (Å²) in [7, 11) is -2.42. The molecule has 1 heterocycles. The molecule has 0 aliphatic carbocycles. The van der Waals surface area contributed by atoms with Crippen LogP contribution in [0.1, 0.15) is 16.9 Å². The minimum absolute atomic E-state index is 0.0736. The molecule has 0 fully saturated rings. The van der Waals surface area contributed by atoms with E-state index >= 15 is 0 Å². The van der Waals surface area contributed by atoms with Gasteiger partial charge in [0.25, 0.3) is 5.91 Å². The molecule has 0 saturated carbocycles. The summed E-state index contributed by atoms with van der Waals surface area (Å²) in [5.41, 5.74) is 4.06. The monoisotopic (exact) mass is 533 g/mol. The van der Waals surface area contributed by atoms with Gasteiger partial charge >= 0.3 is 0 Å². The molecule has 0 aliphatic heterocycles. The Labute approximate surface area is 221 Å². The van der Waals surface area contributed by atoms with Crippen LogP contribution in [0.25, 0.3) is 0 Å². The molecule has 1 N–H and O–H groups in total. The smallest absolute Gasteiger partial charge is 0.255 e. The van der Waals surface area contributed by atoms with E-state index in [-0.39, 0.29) is 11.4 Å². The number of methoxy groups -OCH3 is 1. The van der Waals surface area contributed by atoms with Crippen molar-refractivity contribution in [2.75, 3.05) is 13.7 Å². The van der Waals surface area contributed by atoms with Gasteiger partial charge in [0.15, 0.2) is 11.5 Å². The molecular formula is C28H27N3O6S. The Kier molecular flexibility index (Phi) is 8.91. The van der Waals surface area contributed by atoms with Crippen molar-refractivity contribution in [3.8, 4) is 11.5 Å². The second-order valence-corrected chi connectivity index (χ2v) is 10.1. The summed E-state index contributed by atoms with van der Waals surface area (Å²) in [4.78, 5) is 12.7. The van der Waals surface area contributed by atoms with Gasteiger partial charge in [-0.05, 0) is 53.6 Å². The van der Waals surface area contributed by atoms with Gasteiger partial charge in [-0.15, -0.1) is 0 Å². The minimum Gasteiger partial charge on any atom is -0.493 e. The van der Waals surface area contributed by atoms with Crippen LogP contribution in [0.2, 0.25) is 0 Å². The fraction of sp³-hybridized carbons (Fsp3) is 0.143. The largest absolute Gasteiger partial charge is 0.493 e. The lowest BCUT2D eigenvalue weighted by Gasteiger charge is -2.20. The van der Waals surface area contributed by atoms with Gasteiger partial charge in [0.05, 0.1) is 37.6 Å². The maximum absolute atomic E-state index is 13.2. The van der Waals surface area contributed by atoms with Crippen LogP contribution in [-0.4, -0.2) is 38.5 Å². The first-order valence-corrected chi connectivity index (χ1v) is 13.1. The fourth-order valence-corrected chi connectivity index (χ4v) is 4.92. The number of nitrogens with zero attached hydrogens (tertiary/aromatic N) is 2. The molecule has 38 heavy (non-hydrogen) atoms. The van der Waals surface area contributed by atoms with Gasteiger partial charge in [-0.3, -0.25) is 4.79 Å². The number of rotatable bonds is 12. The highest BCUT2D eigenvalue weighted by Crippen LogP contribution is 2.28. The van der Waals surface area contributed by atoms with Crippen LogP contribution in [0, 0.1) is 0 Å². The van der Waals surface area contributed by atoms with Crippen molar-refractivity contribution in [2.24, 2.45) is 5.10 Å². The molecule has 0 saturated heterocycles. The van der Waals surface area contributed by atoms with Crippen LogP contribution in [-0.2, 0) is 28.0 Å². The van der Waals surface area contributed by atoms with Crippen molar-refractivity contribution in [3.63, 3.8) is 0 Å². The molecule has 4 aromatic rings. The molecular weight excluding hydrogens is 506 g/mol. The number of hydrogen-bond acceptors (Lipinski definition) is 7. The zero-order valence-corrected chi connectivity index (χ0v) is 21.5. The molecule has 1 aromatic heterocycles. The summed E-state index contributed by atoms with van der Waals surface area (Å²) in [6.45, 7) is -0.172. The zero-order chi connectivity index (χ0) is 26.8. The first-order valence-electron chi connectivity index (χ1n) is 11.7. The maximum atomic E-state index is 13.2. The third kappa shape index (κ3) is 7.09. The number of nitrogens with one attached hydrogen (secondary N) is 1. The number of hydrazone groups is 1. The molecule has 196 valence electrons. The van der Waals surface area contributed by atoms with Crippen LogP contribution >= 0.6 is 0 Å². The van der Waals surface area contributed by atoms with Crippen LogP contribution < -0.4 is 14.9 Å². The Morgan fingerprint density at radius 3 is 2.39 bits per heavy atom. The van der Waals surface area contributed by atoms with Crippen LogP contribution in [0.15, 0.2) is 112 Å². The number of sulfonamides is 1. The van der Waals surface area contributed by atoms with E-state index in [1.54, 1.807) is 48.5 Å². The van der Waals surface area contributed by atoms with Crippen LogP contribution in [0.5, 0.6) is 11.5 Å². The van der Waals surface area contributed by atoms with Gasteiger partial charge in [0.2, 0.25) is 10.0 Å². The van der Waals surface area contributed by atoms with Gasteiger partial charge in [0, 0.05) is 0 Å². The molecule has 0 unspecified atom stereocenters. The molecule has 0 bridgehead atoms. The number of ether oxygens (including phenoxy) is 2. The number of benzene rings is 3. The zero-order valence-electron chi connectivity index (χ0n) is 20.7. The summed E-state index contributed by atoms with van der Waals surface area (Å²) in [6, 6.07) is 26.2. The molecule has 0 atom stereocenters. The van der Waals surface area contributed by atoms with Crippen LogP contribution in [0.3, 0.4) is 0 Å². The molecule has 3 aromatic carbocycles. The average Bonchev–Trinajstić information content (AvgIpc) is 3.46. The Morgan fingerprint density at radius 1 is 0.974 bits per heavy atom. The van der Waals surface area contributed by atoms with Crippen molar-refractivity contribution in [3.05, 3.63) is 114 Å². The normalized spacial score (nSPS) is 11.5. The lowest BCUT2D eigenvalue weighted by Crippen LogP contribution is -2.38. The maximum Gasteiger partial charge on any atom is 0.255 e. The summed E-state index contributed by atoms with van der Waals surface area (Å²) in [5, 5.41) is 3.98. The number of hydrogen-bond donors (Lipinski definition) is 1. The van der Waals surface area contributed by atoms with Gasteiger partial charge < -0.3 is 13.9 Å². The summed E-state index contributed by atoms with van der Waals surface area (Å²) >= 11 is 0. The second kappa shape index (κ2) is 12.7. The highest BCUT2D eigenvalue weighted by Gasteiger charge is 2.27. The van der Waals surface area contributed by atoms with Gasteiger partial charge in [-0.2, -0.15) is 9.41 Å². The molecule has 10 heteroatoms. The Bertz CT molecular complexity index is 1460. The van der Waals surface area contributed by atoms with Crippen molar-refractivity contribution >= 4 is 22.1 Å². The van der Waals surface area contributed by atoms with E-state index in [9.17, 15) is 13.2 Å². The standard InChI is InChI=1S/C28H27N3O6S/c1-35-27-17-23(14-15-26(27)37-21-22-9-4-2-5-10-22)18-29-30-28(32)20-31(19-24-11-8-16-36-24)38(33,34)25-12-6-3-7-13-25/h2-18H,19-21H2,1H3,(H,30,32)/b29-18-. The predicted octanol–water partition coefficient (Wildman–Crippen LogP) is 4.21. The van der Waals surface area contributed by atoms with Crippen molar-refractivity contribution in [1.82, 2.24) is 9.73 Å². The quantitative estimate of drug-likeness (QED) is 0.216. The van der Waals surface area contributed by atoms with Gasteiger partial charge in [-0.25, -0.2) is 13.8 Å². The Balaban J connectivity index is 1.40. The van der Waals surface area contributed by atoms with E-state index in [1.807, 2.05) is 30.3 Å². The molecule has 0 aliphatic rings. The highest BCUT2D eigenvalue weighted by atomic mass is 32.2. The van der Waals surface area contributed by atoms with Gasteiger partial charge in [-0.1, -0.05) is 48.5 Å². The third-order valence-electron chi connectivity index (χ3n) is 5.44. The summed E-state index contributed by atoms with van der Waals surface area (Å²) in [6.07, 6.45) is 2.88. The van der Waals surface area contributed by atoms with E-state index in [1.165, 1.54) is 31.7 Å². The molecule has 0 radical (unpaired) electrons. The van der Waals surface area contributed by atoms with E-state index < -0.39 is 22.5 Å². The lowest BCUT2D eigenvalue weighted by molar-refractivity contribution is -0.121. The minimum atomic E-state index is -3.96. The molecule has 4 rings (SSSR count). The molecule has 9 nitrogen and oxygen atoms in total. The van der Waals surface area contributed by atoms with E-state index in [0.29, 0.717) is 29.4 Å². The number of carbonyl (C=O) groups excluding carboxylic acids is 1. The van der Waals surface area contributed by atoms with E-state index in [2.05, 4.69) is 10.5 Å². The predicted molar refractivity (Wildman–Crippen MR) is 142 cm³/mol. The molecule has 1 amide bonds. The highest BCUT2D eigenvalue weighted by molar-refractivity contribution is 7.89. The van der Waals surface area contributed by atoms with E-state index in [4.69, 9.17) is 13.9 Å². The fourth-order valence-electron chi connectivity index (χ4n) is 3.54. The van der Waals surface area contributed by atoms with Crippen molar-refractivity contribution < 1.29 is 27.1 Å². The van der Waals surface area contributed by atoms with Crippen LogP contribution in [0.4, 0.5) is 0 Å². The topological polar surface area (TPSA) is 110 Å². The first kappa shape index (κ1) is 26.6. The van der Waals surface area contributed by atoms with E-state index in [0.717, 1.165) is 9.87 Å². The number of furan rings is 1. The number of carbonyl (C=O) groups is 1. The lowest BCUT2D eigenvalue weighted by atomic mass is 10.2.